The molecule has 0 N–H and O–H groups in total. The lowest BCUT2D eigenvalue weighted by Gasteiger charge is -2.29. The first-order valence-electron chi connectivity index (χ1n) is 16.4. The highest BCUT2D eigenvalue weighted by Gasteiger charge is 2.29. The van der Waals surface area contributed by atoms with Crippen LogP contribution in [-0.2, 0) is 0 Å². The van der Waals surface area contributed by atoms with E-state index in [9.17, 15) is 0 Å². The molecule has 2 atom stereocenters. The number of fused-ring (bicyclic) bond motifs is 3. The maximum atomic E-state index is 6.34. The Morgan fingerprint density at radius 3 is 2.27 bits per heavy atom. The molecule has 0 spiro atoms. The van der Waals surface area contributed by atoms with Crippen LogP contribution in [0.1, 0.15) is 24.1 Å². The van der Waals surface area contributed by atoms with Gasteiger partial charge in [-0.25, -0.2) is 4.98 Å². The lowest BCUT2D eigenvalue weighted by Crippen LogP contribution is -2.36. The summed E-state index contributed by atoms with van der Waals surface area (Å²) in [5, 5.41) is 4.62. The van der Waals surface area contributed by atoms with E-state index in [1.165, 1.54) is 49.4 Å². The average Bonchev–Trinajstić information content (AvgIpc) is 3.59. The van der Waals surface area contributed by atoms with E-state index in [4.69, 9.17) is 14.4 Å². The van der Waals surface area contributed by atoms with Crippen molar-refractivity contribution < 1.29 is 4.42 Å². The Labute approximate surface area is 278 Å². The van der Waals surface area contributed by atoms with Crippen LogP contribution in [0.25, 0.3) is 61.2 Å². The fourth-order valence-electron chi connectivity index (χ4n) is 7.36. The number of hydrogen-bond acceptors (Lipinski definition) is 4. The maximum Gasteiger partial charge on any atom is 0.227 e. The summed E-state index contributed by atoms with van der Waals surface area (Å²) in [6.07, 6.45) is 3.52. The topological polar surface area (TPSA) is 51.3 Å². The van der Waals surface area contributed by atoms with Gasteiger partial charge >= 0.3 is 0 Å². The smallest absolute Gasteiger partial charge is 0.227 e. The van der Waals surface area contributed by atoms with Crippen molar-refractivity contribution in [1.82, 2.24) is 9.97 Å². The number of oxazole rings is 1. The van der Waals surface area contributed by atoms with Gasteiger partial charge in [-0.15, -0.1) is 0 Å². The largest absolute Gasteiger partial charge is 0.436 e. The van der Waals surface area contributed by atoms with Crippen LogP contribution in [0.3, 0.4) is 0 Å². The Morgan fingerprint density at radius 2 is 1.38 bits per heavy atom. The van der Waals surface area contributed by atoms with Crippen LogP contribution in [-0.4, -0.2) is 9.97 Å². The van der Waals surface area contributed by atoms with Gasteiger partial charge in [0.1, 0.15) is 5.52 Å². The van der Waals surface area contributed by atoms with E-state index >= 15 is 0 Å². The number of aromatic nitrogens is 2. The molecule has 9 rings (SSSR count). The van der Waals surface area contributed by atoms with Crippen molar-refractivity contribution >= 4 is 27.4 Å². The number of nitrogens with zero attached hydrogens (tertiary/aromatic N) is 3. The number of rotatable bonds is 5. The van der Waals surface area contributed by atoms with E-state index in [1.807, 2.05) is 12.1 Å². The van der Waals surface area contributed by atoms with E-state index in [-0.39, 0.29) is 12.0 Å². The van der Waals surface area contributed by atoms with Crippen LogP contribution in [0.5, 0.6) is 0 Å². The molecule has 0 fully saturated rings. The van der Waals surface area contributed by atoms with Gasteiger partial charge in [0.15, 0.2) is 5.58 Å². The van der Waals surface area contributed by atoms with Gasteiger partial charge in [-0.1, -0.05) is 122 Å². The summed E-state index contributed by atoms with van der Waals surface area (Å²) < 4.78 is 6.34. The highest BCUT2D eigenvalue weighted by Crippen LogP contribution is 2.45. The van der Waals surface area contributed by atoms with Crippen LogP contribution in [0.4, 0.5) is 0 Å². The molecule has 48 heavy (non-hydrogen) atoms. The monoisotopic (exact) mass is 617 g/mol. The molecule has 0 amide bonds. The fourth-order valence-corrected chi connectivity index (χ4v) is 7.36. The molecule has 0 radical (unpaired) electrons. The molecule has 0 saturated carbocycles. The first-order valence-corrected chi connectivity index (χ1v) is 16.4. The Balaban J connectivity index is 1.24. The van der Waals surface area contributed by atoms with Gasteiger partial charge in [-0.05, 0) is 80.1 Å². The molecule has 0 bridgehead atoms. The Bertz CT molecular complexity index is 2590. The second kappa shape index (κ2) is 11.6. The van der Waals surface area contributed by atoms with Crippen LogP contribution >= 0.6 is 0 Å². The molecule has 4 nitrogen and oxygen atoms in total. The van der Waals surface area contributed by atoms with E-state index in [0.29, 0.717) is 5.89 Å². The Hall–Kier alpha value is -6.13. The summed E-state index contributed by atoms with van der Waals surface area (Å²) in [6.45, 7) is 2.32. The zero-order chi connectivity index (χ0) is 32.0. The molecule has 228 valence electrons. The van der Waals surface area contributed by atoms with E-state index < -0.39 is 0 Å². The van der Waals surface area contributed by atoms with E-state index in [1.54, 1.807) is 12.4 Å². The minimum atomic E-state index is -0.0645. The number of benzene rings is 6. The molecule has 8 aromatic rings. The summed E-state index contributed by atoms with van der Waals surface area (Å²) >= 11 is 0. The van der Waals surface area contributed by atoms with Gasteiger partial charge in [0, 0.05) is 29.1 Å². The first kappa shape index (κ1) is 28.1. The van der Waals surface area contributed by atoms with E-state index in [2.05, 4.69) is 145 Å². The number of hydrogen-bond donors (Lipinski definition) is 0. The predicted molar refractivity (Wildman–Crippen MR) is 194 cm³/mol. The fraction of sp³-hybridized carbons (Fsp3) is 0.0682. The lowest BCUT2D eigenvalue weighted by atomic mass is 9.79. The van der Waals surface area contributed by atoms with Gasteiger partial charge in [0.2, 0.25) is 5.89 Å². The first-order chi connectivity index (χ1) is 23.7. The standard InChI is InChI=1S/C44H31N3O/c1-28-41(30-12-3-2-4-13-30)37-17-9-10-18-38(37)46-43(28)36-16-8-7-15-34(36)35-21-19-29-11-5-6-14-33(29)42(35)32-20-22-39-40(27-32)48-44(47-39)31-23-25-45-26-24-31/h2-28,43H,1H3. The van der Waals surface area contributed by atoms with Crippen molar-refractivity contribution in [2.24, 2.45) is 10.9 Å². The van der Waals surface area contributed by atoms with Crippen LogP contribution in [0, 0.1) is 5.92 Å². The highest BCUT2D eigenvalue weighted by atomic mass is 16.3. The minimum absolute atomic E-state index is 0.0645. The summed E-state index contributed by atoms with van der Waals surface area (Å²) in [4.78, 5) is 14.4. The summed E-state index contributed by atoms with van der Waals surface area (Å²) in [5.41, 5.74) is 10.9. The van der Waals surface area contributed by atoms with Crippen molar-refractivity contribution in [3.05, 3.63) is 180 Å². The predicted octanol–water partition coefficient (Wildman–Crippen LogP) is 9.59. The molecule has 4 heteroatoms. The summed E-state index contributed by atoms with van der Waals surface area (Å²) in [7, 11) is 0. The normalized spacial score (nSPS) is 15.7. The molecule has 1 aliphatic heterocycles. The van der Waals surface area contributed by atoms with Gasteiger partial charge in [-0.3, -0.25) is 9.98 Å². The van der Waals surface area contributed by atoms with Crippen LogP contribution in [0.2, 0.25) is 0 Å². The number of pyridine rings is 1. The summed E-state index contributed by atoms with van der Waals surface area (Å²) in [5.74, 6) is 0.746. The van der Waals surface area contributed by atoms with E-state index in [0.717, 1.165) is 27.6 Å². The lowest BCUT2D eigenvalue weighted by molar-refractivity contribution is 0.558. The zero-order valence-electron chi connectivity index (χ0n) is 26.4. The van der Waals surface area contributed by atoms with Crippen LogP contribution in [0.15, 0.2) is 167 Å². The van der Waals surface area contributed by atoms with Crippen molar-refractivity contribution in [3.8, 4) is 33.7 Å². The Kier molecular flexibility index (Phi) is 6.79. The molecular weight excluding hydrogens is 587 g/mol. The molecule has 2 aromatic heterocycles. The molecule has 0 aliphatic carbocycles. The zero-order valence-corrected chi connectivity index (χ0v) is 26.4. The second-order valence-electron chi connectivity index (χ2n) is 12.4. The van der Waals surface area contributed by atoms with Crippen molar-refractivity contribution in [2.45, 2.75) is 13.0 Å². The third-order valence-corrected chi connectivity index (χ3v) is 9.59. The quantitative estimate of drug-likeness (QED) is 0.193. The van der Waals surface area contributed by atoms with Gasteiger partial charge < -0.3 is 4.42 Å². The van der Waals surface area contributed by atoms with Gasteiger partial charge in [0.25, 0.3) is 0 Å². The molecule has 1 aliphatic rings. The van der Waals surface area contributed by atoms with Crippen molar-refractivity contribution in [1.29, 1.82) is 0 Å². The molecule has 6 aromatic carbocycles. The molecule has 2 unspecified atom stereocenters. The SMILES string of the molecule is CC1C(c2ccccc2)=c2ccccc2=NC1c1ccccc1-c1ccc2ccccc2c1-c1ccc2nc(-c3ccncc3)oc2c1. The van der Waals surface area contributed by atoms with Crippen LogP contribution < -0.4 is 10.6 Å². The molecule has 0 saturated heterocycles. The second-order valence-corrected chi connectivity index (χ2v) is 12.4. The van der Waals surface area contributed by atoms with Crippen molar-refractivity contribution in [3.63, 3.8) is 0 Å². The van der Waals surface area contributed by atoms with Gasteiger partial charge in [0.05, 0.1) is 11.4 Å². The third-order valence-electron chi connectivity index (χ3n) is 9.59. The van der Waals surface area contributed by atoms with Crippen molar-refractivity contribution in [2.75, 3.05) is 0 Å². The third kappa shape index (κ3) is 4.73. The number of para-hydroxylation sites is 1. The average molecular weight is 618 g/mol. The minimum Gasteiger partial charge on any atom is -0.436 e. The summed E-state index contributed by atoms with van der Waals surface area (Å²) in [6, 6.07) is 51.4. The Morgan fingerprint density at radius 1 is 0.604 bits per heavy atom. The molecular formula is C44H31N3O. The highest BCUT2D eigenvalue weighted by molar-refractivity contribution is 6.05. The van der Waals surface area contributed by atoms with Gasteiger partial charge in [-0.2, -0.15) is 0 Å². The maximum absolute atomic E-state index is 6.34. The molecule has 3 heterocycles.